The lowest BCUT2D eigenvalue weighted by molar-refractivity contribution is 0.578. The Kier molecular flexibility index (Phi) is 2.28. The second-order valence-corrected chi connectivity index (χ2v) is 5.45. The van der Waals surface area contributed by atoms with Crippen LogP contribution in [-0.2, 0) is 16.6 Å². The van der Waals surface area contributed by atoms with Gasteiger partial charge in [0, 0.05) is 0 Å². The molecule has 7 heteroatoms. The second-order valence-electron chi connectivity index (χ2n) is 3.40. The highest BCUT2D eigenvalue weighted by Crippen LogP contribution is 2.27. The summed E-state index contributed by atoms with van der Waals surface area (Å²) in [5, 5.41) is 6.30. The van der Waals surface area contributed by atoms with Gasteiger partial charge in [-0.3, -0.25) is 5.10 Å². The van der Waals surface area contributed by atoms with Crippen LogP contribution in [0.5, 0.6) is 0 Å². The molecule has 2 rings (SSSR count). The lowest BCUT2D eigenvalue weighted by atomic mass is 10.6. The third-order valence-electron chi connectivity index (χ3n) is 2.04. The largest absolute Gasteiger partial charge is 0.263 e. The first-order valence-electron chi connectivity index (χ1n) is 4.44. The molecule has 1 aliphatic rings. The Balaban J connectivity index is 1.94. The van der Waals surface area contributed by atoms with Crippen LogP contribution in [0.1, 0.15) is 24.5 Å². The third-order valence-corrected chi connectivity index (χ3v) is 3.93. The van der Waals surface area contributed by atoms with E-state index in [1.807, 2.05) is 0 Å². The number of aromatic amines is 1. The molecule has 1 fully saturated rings. The molecule has 0 bridgehead atoms. The first kappa shape index (κ1) is 9.60. The van der Waals surface area contributed by atoms with Crippen molar-refractivity contribution in [2.75, 3.05) is 0 Å². The van der Waals surface area contributed by atoms with Crippen LogP contribution in [0.15, 0.2) is 0 Å². The zero-order valence-electron chi connectivity index (χ0n) is 7.82. The third kappa shape index (κ3) is 2.10. The Bertz CT molecular complexity index is 421. The quantitative estimate of drug-likeness (QED) is 0.723. The molecule has 1 aliphatic carbocycles. The van der Waals surface area contributed by atoms with E-state index in [-0.39, 0.29) is 11.8 Å². The molecule has 1 aromatic heterocycles. The van der Waals surface area contributed by atoms with Gasteiger partial charge in [-0.25, -0.2) is 18.1 Å². The minimum absolute atomic E-state index is 0.170. The van der Waals surface area contributed by atoms with E-state index in [1.165, 1.54) is 0 Å². The summed E-state index contributed by atoms with van der Waals surface area (Å²) in [7, 11) is -3.12. The Morgan fingerprint density at radius 1 is 1.57 bits per heavy atom. The van der Waals surface area contributed by atoms with Crippen LogP contribution in [-0.4, -0.2) is 28.8 Å². The zero-order valence-corrected chi connectivity index (χ0v) is 8.63. The lowest BCUT2D eigenvalue weighted by Gasteiger charge is -2.01. The van der Waals surface area contributed by atoms with Gasteiger partial charge in [0.05, 0.1) is 11.8 Å². The maximum absolute atomic E-state index is 11.4. The predicted octanol–water partition coefficient (Wildman–Crippen LogP) is -0.305. The van der Waals surface area contributed by atoms with E-state index < -0.39 is 10.0 Å². The van der Waals surface area contributed by atoms with E-state index in [4.69, 9.17) is 0 Å². The molecule has 0 spiro atoms. The molecule has 0 aromatic carbocycles. The number of H-pyrrole nitrogens is 1. The Morgan fingerprint density at radius 2 is 2.29 bits per heavy atom. The number of aromatic nitrogens is 3. The highest BCUT2D eigenvalue weighted by Gasteiger charge is 2.35. The monoisotopic (exact) mass is 216 g/mol. The number of rotatable bonds is 4. The van der Waals surface area contributed by atoms with Crippen molar-refractivity contribution >= 4 is 10.0 Å². The van der Waals surface area contributed by atoms with Crippen molar-refractivity contribution in [2.45, 2.75) is 31.6 Å². The molecule has 0 amide bonds. The molecule has 6 nitrogen and oxygen atoms in total. The van der Waals surface area contributed by atoms with Crippen LogP contribution >= 0.6 is 0 Å². The van der Waals surface area contributed by atoms with Gasteiger partial charge in [-0.2, -0.15) is 5.10 Å². The van der Waals surface area contributed by atoms with Crippen LogP contribution in [0.3, 0.4) is 0 Å². The van der Waals surface area contributed by atoms with Crippen molar-refractivity contribution in [1.29, 1.82) is 0 Å². The van der Waals surface area contributed by atoms with Gasteiger partial charge in [0.2, 0.25) is 10.0 Å². The summed E-state index contributed by atoms with van der Waals surface area (Å²) in [5.74, 6) is 1.16. The summed E-state index contributed by atoms with van der Waals surface area (Å²) in [4.78, 5) is 4.00. The van der Waals surface area contributed by atoms with Crippen molar-refractivity contribution in [3.05, 3.63) is 11.6 Å². The summed E-state index contributed by atoms with van der Waals surface area (Å²) in [5.41, 5.74) is 0. The van der Waals surface area contributed by atoms with E-state index >= 15 is 0 Å². The zero-order chi connectivity index (χ0) is 10.2. The Labute approximate surface area is 82.2 Å². The Hall–Kier alpha value is -0.950. The summed E-state index contributed by atoms with van der Waals surface area (Å²) in [6.07, 6.45) is 1.53. The predicted molar refractivity (Wildman–Crippen MR) is 49.9 cm³/mol. The van der Waals surface area contributed by atoms with Gasteiger partial charge in [-0.15, -0.1) is 0 Å². The van der Waals surface area contributed by atoms with Crippen molar-refractivity contribution in [3.8, 4) is 0 Å². The van der Waals surface area contributed by atoms with Gasteiger partial charge in [0.25, 0.3) is 0 Å². The second kappa shape index (κ2) is 3.32. The maximum Gasteiger partial charge on any atom is 0.214 e. The highest BCUT2D eigenvalue weighted by atomic mass is 32.2. The fourth-order valence-electron chi connectivity index (χ4n) is 1.13. The topological polar surface area (TPSA) is 87.7 Å². The van der Waals surface area contributed by atoms with Crippen molar-refractivity contribution in [1.82, 2.24) is 19.9 Å². The van der Waals surface area contributed by atoms with Crippen LogP contribution in [0.2, 0.25) is 0 Å². The first-order chi connectivity index (χ1) is 6.58. The SMILES string of the molecule is Cc1nc(CNS(=O)(=O)C2CC2)n[nH]1. The van der Waals surface area contributed by atoms with E-state index in [0.29, 0.717) is 11.6 Å². The van der Waals surface area contributed by atoms with Gasteiger partial charge >= 0.3 is 0 Å². The van der Waals surface area contributed by atoms with Gasteiger partial charge < -0.3 is 0 Å². The van der Waals surface area contributed by atoms with Gasteiger partial charge in [-0.05, 0) is 19.8 Å². The molecule has 0 radical (unpaired) electrons. The van der Waals surface area contributed by atoms with E-state index in [0.717, 1.165) is 12.8 Å². The molecule has 0 saturated heterocycles. The summed E-state index contributed by atoms with van der Waals surface area (Å²) >= 11 is 0. The number of hydrogen-bond donors (Lipinski definition) is 2. The number of hydrogen-bond acceptors (Lipinski definition) is 4. The Morgan fingerprint density at radius 3 is 2.79 bits per heavy atom. The number of nitrogens with one attached hydrogen (secondary N) is 2. The fourth-order valence-corrected chi connectivity index (χ4v) is 2.45. The van der Waals surface area contributed by atoms with Gasteiger partial charge in [0.15, 0.2) is 5.82 Å². The van der Waals surface area contributed by atoms with Crippen LogP contribution in [0, 0.1) is 6.92 Å². The van der Waals surface area contributed by atoms with E-state index in [9.17, 15) is 8.42 Å². The molecule has 1 heterocycles. The number of nitrogens with zero attached hydrogens (tertiary/aromatic N) is 2. The average Bonchev–Trinajstić information content (AvgIpc) is 2.89. The molecule has 1 aromatic rings. The normalized spacial score (nSPS) is 17.2. The first-order valence-corrected chi connectivity index (χ1v) is 5.99. The van der Waals surface area contributed by atoms with Crippen molar-refractivity contribution in [3.63, 3.8) is 0 Å². The molecule has 78 valence electrons. The van der Waals surface area contributed by atoms with Crippen LogP contribution in [0.4, 0.5) is 0 Å². The highest BCUT2D eigenvalue weighted by molar-refractivity contribution is 7.90. The van der Waals surface area contributed by atoms with Gasteiger partial charge in [-0.1, -0.05) is 0 Å². The van der Waals surface area contributed by atoms with E-state index in [2.05, 4.69) is 19.9 Å². The average molecular weight is 216 g/mol. The van der Waals surface area contributed by atoms with Crippen LogP contribution < -0.4 is 4.72 Å². The van der Waals surface area contributed by atoms with Gasteiger partial charge in [0.1, 0.15) is 5.82 Å². The van der Waals surface area contributed by atoms with Crippen molar-refractivity contribution < 1.29 is 8.42 Å². The lowest BCUT2D eigenvalue weighted by Crippen LogP contribution is -2.27. The van der Waals surface area contributed by atoms with Crippen molar-refractivity contribution in [2.24, 2.45) is 0 Å². The summed E-state index contributed by atoms with van der Waals surface area (Å²) < 4.78 is 25.3. The molecular formula is C7H12N4O2S. The molecule has 0 aliphatic heterocycles. The molecule has 14 heavy (non-hydrogen) atoms. The minimum atomic E-state index is -3.12. The van der Waals surface area contributed by atoms with E-state index in [1.54, 1.807) is 6.92 Å². The summed E-state index contributed by atoms with van der Waals surface area (Å²) in [6, 6.07) is 0. The van der Waals surface area contributed by atoms with Crippen LogP contribution in [0.25, 0.3) is 0 Å². The molecular weight excluding hydrogens is 204 g/mol. The molecule has 2 N–H and O–H groups in total. The standard InChI is InChI=1S/C7H12N4O2S/c1-5-9-7(11-10-5)4-8-14(12,13)6-2-3-6/h6,8H,2-4H2,1H3,(H,9,10,11). The fraction of sp³-hybridized carbons (Fsp3) is 0.714. The maximum atomic E-state index is 11.4. The summed E-state index contributed by atoms with van der Waals surface area (Å²) in [6.45, 7) is 1.94. The minimum Gasteiger partial charge on any atom is -0.263 e. The number of aryl methyl sites for hydroxylation is 1. The molecule has 1 saturated carbocycles. The molecule has 0 atom stereocenters. The molecule has 0 unspecified atom stereocenters. The smallest absolute Gasteiger partial charge is 0.214 e. The number of sulfonamides is 1.